The van der Waals surface area contributed by atoms with Gasteiger partial charge in [0.05, 0.1) is 18.6 Å². The predicted octanol–water partition coefficient (Wildman–Crippen LogP) is 1.62. The molecule has 0 aliphatic carbocycles. The molecule has 1 amide bonds. The van der Waals surface area contributed by atoms with Crippen molar-refractivity contribution in [1.29, 1.82) is 0 Å². The molecule has 30 heavy (non-hydrogen) atoms. The average Bonchev–Trinajstić information content (AvgIpc) is 3.44. The second kappa shape index (κ2) is 8.94. The van der Waals surface area contributed by atoms with Crippen LogP contribution in [0.25, 0.3) is 11.6 Å². The molecule has 3 aromatic rings. The third kappa shape index (κ3) is 4.69. The maximum atomic E-state index is 11.3. The fourth-order valence-corrected chi connectivity index (χ4v) is 3.82. The van der Waals surface area contributed by atoms with Gasteiger partial charge in [0.2, 0.25) is 5.91 Å². The number of rotatable bonds is 8. The molecule has 10 nitrogen and oxygen atoms in total. The van der Waals surface area contributed by atoms with Gasteiger partial charge in [-0.25, -0.2) is 4.68 Å². The molecule has 0 spiro atoms. The van der Waals surface area contributed by atoms with Crippen molar-refractivity contribution in [2.45, 2.75) is 33.1 Å². The standard InChI is InChI=1S/C19H25N7O3S/c1-14-11-15(22-29-14)12-23-6-8-24(9-7-23)13-26-19(30)25(5-4-17(20)27)18(21-26)16-3-2-10-28-16/h2-3,10-11H,4-9,12-13H2,1H3,(H2,20,27). The van der Waals surface area contributed by atoms with E-state index in [1.807, 2.05) is 23.6 Å². The highest BCUT2D eigenvalue weighted by Crippen LogP contribution is 2.20. The van der Waals surface area contributed by atoms with E-state index in [9.17, 15) is 4.79 Å². The van der Waals surface area contributed by atoms with Crippen LogP contribution >= 0.6 is 12.2 Å². The number of hydrogen-bond acceptors (Lipinski definition) is 8. The third-order valence-corrected chi connectivity index (χ3v) is 5.54. The molecule has 0 bridgehead atoms. The lowest BCUT2D eigenvalue weighted by molar-refractivity contribution is -0.118. The zero-order chi connectivity index (χ0) is 21.1. The number of aryl methyl sites for hydroxylation is 1. The van der Waals surface area contributed by atoms with Crippen LogP contribution in [0, 0.1) is 11.7 Å². The van der Waals surface area contributed by atoms with E-state index in [-0.39, 0.29) is 12.3 Å². The molecule has 0 saturated carbocycles. The minimum Gasteiger partial charge on any atom is -0.461 e. The summed E-state index contributed by atoms with van der Waals surface area (Å²) in [5.41, 5.74) is 6.28. The molecule has 4 rings (SSSR count). The lowest BCUT2D eigenvalue weighted by Crippen LogP contribution is -2.46. The molecule has 11 heteroatoms. The van der Waals surface area contributed by atoms with Crippen molar-refractivity contribution >= 4 is 18.1 Å². The lowest BCUT2D eigenvalue weighted by atomic mass is 10.3. The minimum atomic E-state index is -0.381. The fourth-order valence-electron chi connectivity index (χ4n) is 3.54. The Bertz CT molecular complexity index is 1040. The molecule has 0 aromatic carbocycles. The molecule has 2 N–H and O–H groups in total. The molecule has 0 radical (unpaired) electrons. The van der Waals surface area contributed by atoms with Crippen molar-refractivity contribution in [3.05, 3.63) is 40.7 Å². The summed E-state index contributed by atoms with van der Waals surface area (Å²) < 4.78 is 14.8. The number of carbonyl (C=O) groups excluding carboxylic acids is 1. The van der Waals surface area contributed by atoms with Crippen molar-refractivity contribution < 1.29 is 13.7 Å². The van der Waals surface area contributed by atoms with Crippen LogP contribution in [-0.2, 0) is 24.6 Å². The molecule has 3 aromatic heterocycles. The Hall–Kier alpha value is -2.76. The van der Waals surface area contributed by atoms with Crippen LogP contribution in [-0.4, -0.2) is 61.4 Å². The Labute approximate surface area is 178 Å². The van der Waals surface area contributed by atoms with Gasteiger partial charge in [0, 0.05) is 51.8 Å². The van der Waals surface area contributed by atoms with E-state index in [2.05, 4.69) is 20.1 Å². The highest BCUT2D eigenvalue weighted by molar-refractivity contribution is 7.71. The first-order chi connectivity index (χ1) is 14.5. The Morgan fingerprint density at radius 3 is 2.67 bits per heavy atom. The van der Waals surface area contributed by atoms with Crippen LogP contribution in [0.4, 0.5) is 0 Å². The monoisotopic (exact) mass is 431 g/mol. The quantitative estimate of drug-likeness (QED) is 0.536. The fraction of sp³-hybridized carbons (Fsp3) is 0.474. The number of aromatic nitrogens is 4. The maximum absolute atomic E-state index is 11.3. The number of primary amides is 1. The summed E-state index contributed by atoms with van der Waals surface area (Å²) in [4.78, 5) is 15.9. The summed E-state index contributed by atoms with van der Waals surface area (Å²) >= 11 is 5.63. The number of carbonyl (C=O) groups is 1. The zero-order valence-electron chi connectivity index (χ0n) is 16.9. The van der Waals surface area contributed by atoms with Crippen molar-refractivity contribution in [2.75, 3.05) is 26.2 Å². The summed E-state index contributed by atoms with van der Waals surface area (Å²) in [5.74, 6) is 1.66. The second-order valence-corrected chi connectivity index (χ2v) is 7.78. The molecule has 160 valence electrons. The first-order valence-corrected chi connectivity index (χ1v) is 10.3. The first-order valence-electron chi connectivity index (χ1n) is 9.86. The SMILES string of the molecule is Cc1cc(CN2CCN(Cn3nc(-c4ccco4)n(CCC(N)=O)c3=S)CC2)no1. The summed E-state index contributed by atoms with van der Waals surface area (Å²) in [6.07, 6.45) is 1.78. The molecular formula is C19H25N7O3S. The Kier molecular flexibility index (Phi) is 6.11. The van der Waals surface area contributed by atoms with E-state index in [1.165, 1.54) is 0 Å². The topological polar surface area (TPSA) is 111 Å². The average molecular weight is 432 g/mol. The van der Waals surface area contributed by atoms with Crippen LogP contribution in [0.2, 0.25) is 0 Å². The molecule has 1 aliphatic rings. The lowest BCUT2D eigenvalue weighted by Gasteiger charge is -2.33. The van der Waals surface area contributed by atoms with Crippen molar-refractivity contribution in [3.8, 4) is 11.6 Å². The largest absolute Gasteiger partial charge is 0.461 e. The van der Waals surface area contributed by atoms with Gasteiger partial charge in [0.25, 0.3) is 0 Å². The van der Waals surface area contributed by atoms with E-state index < -0.39 is 0 Å². The molecule has 1 aliphatic heterocycles. The van der Waals surface area contributed by atoms with Gasteiger partial charge in [-0.3, -0.25) is 19.2 Å². The van der Waals surface area contributed by atoms with Crippen LogP contribution < -0.4 is 5.73 Å². The predicted molar refractivity (Wildman–Crippen MR) is 111 cm³/mol. The number of hydrogen-bond donors (Lipinski definition) is 1. The summed E-state index contributed by atoms with van der Waals surface area (Å²) in [6, 6.07) is 5.60. The van der Waals surface area contributed by atoms with Gasteiger partial charge in [0.15, 0.2) is 16.4 Å². The smallest absolute Gasteiger partial charge is 0.219 e. The van der Waals surface area contributed by atoms with Crippen LogP contribution in [0.3, 0.4) is 0 Å². The zero-order valence-corrected chi connectivity index (χ0v) is 17.7. The molecular weight excluding hydrogens is 406 g/mol. The van der Waals surface area contributed by atoms with Gasteiger partial charge < -0.3 is 14.7 Å². The highest BCUT2D eigenvalue weighted by Gasteiger charge is 2.21. The second-order valence-electron chi connectivity index (χ2n) is 7.42. The molecule has 0 atom stereocenters. The number of piperazine rings is 1. The summed E-state index contributed by atoms with van der Waals surface area (Å²) in [5, 5.41) is 8.74. The molecule has 1 fully saturated rings. The molecule has 1 saturated heterocycles. The van der Waals surface area contributed by atoms with E-state index >= 15 is 0 Å². The number of nitrogens with zero attached hydrogens (tertiary/aromatic N) is 6. The number of furan rings is 1. The van der Waals surface area contributed by atoms with Crippen molar-refractivity contribution in [3.63, 3.8) is 0 Å². The van der Waals surface area contributed by atoms with Gasteiger partial charge in [-0.15, -0.1) is 5.10 Å². The van der Waals surface area contributed by atoms with E-state index in [0.29, 0.717) is 29.6 Å². The van der Waals surface area contributed by atoms with Crippen LogP contribution in [0.1, 0.15) is 17.9 Å². The van der Waals surface area contributed by atoms with Gasteiger partial charge in [0.1, 0.15) is 5.76 Å². The van der Waals surface area contributed by atoms with Crippen LogP contribution in [0.15, 0.2) is 33.4 Å². The van der Waals surface area contributed by atoms with Crippen molar-refractivity contribution in [1.82, 2.24) is 29.3 Å². The molecule has 4 heterocycles. The maximum Gasteiger partial charge on any atom is 0.219 e. The number of nitrogens with two attached hydrogens (primary N) is 1. The summed E-state index contributed by atoms with van der Waals surface area (Å²) in [6.45, 7) is 7.26. The number of amides is 1. The van der Waals surface area contributed by atoms with Gasteiger partial charge in [-0.05, 0) is 31.3 Å². The Morgan fingerprint density at radius 2 is 2.03 bits per heavy atom. The minimum absolute atomic E-state index is 0.188. The van der Waals surface area contributed by atoms with E-state index in [1.54, 1.807) is 17.0 Å². The Balaban J connectivity index is 1.42. The van der Waals surface area contributed by atoms with E-state index in [4.69, 9.17) is 26.9 Å². The van der Waals surface area contributed by atoms with Crippen LogP contribution in [0.5, 0.6) is 0 Å². The molecule has 0 unspecified atom stereocenters. The van der Waals surface area contributed by atoms with Gasteiger partial charge in [-0.1, -0.05) is 5.16 Å². The third-order valence-electron chi connectivity index (χ3n) is 5.11. The first kappa shape index (κ1) is 20.5. The highest BCUT2D eigenvalue weighted by atomic mass is 32.1. The normalized spacial score (nSPS) is 15.6. The Morgan fingerprint density at radius 1 is 1.27 bits per heavy atom. The van der Waals surface area contributed by atoms with Crippen molar-refractivity contribution in [2.24, 2.45) is 5.73 Å². The van der Waals surface area contributed by atoms with Gasteiger partial charge >= 0.3 is 0 Å². The van der Waals surface area contributed by atoms with E-state index in [0.717, 1.165) is 44.2 Å². The summed E-state index contributed by atoms with van der Waals surface area (Å²) in [7, 11) is 0. The van der Waals surface area contributed by atoms with Gasteiger partial charge in [-0.2, -0.15) is 0 Å².